The topological polar surface area (TPSA) is 94.1 Å². The summed E-state index contributed by atoms with van der Waals surface area (Å²) in [6.07, 6.45) is 3.79. The van der Waals surface area contributed by atoms with E-state index in [2.05, 4.69) is 26.2 Å². The maximum absolute atomic E-state index is 10.9. The molecule has 0 aromatic carbocycles. The van der Waals surface area contributed by atoms with Gasteiger partial charge >= 0.3 is 5.69 Å². The summed E-state index contributed by atoms with van der Waals surface area (Å²) >= 11 is 3.17. The smallest absolute Gasteiger partial charge is 0.312 e. The van der Waals surface area contributed by atoms with Crippen molar-refractivity contribution in [1.29, 1.82) is 0 Å². The zero-order valence-electron chi connectivity index (χ0n) is 9.10. The SMILES string of the molecule is NCC(Nc1ncc(Br)cc1[N+](=O)[O-])C1CC1. The number of nitrogens with one attached hydrogen (secondary N) is 1. The van der Waals surface area contributed by atoms with Gasteiger partial charge in [-0.25, -0.2) is 4.98 Å². The maximum Gasteiger partial charge on any atom is 0.312 e. The van der Waals surface area contributed by atoms with Crippen LogP contribution in [0.4, 0.5) is 11.5 Å². The van der Waals surface area contributed by atoms with E-state index < -0.39 is 4.92 Å². The molecular formula is C10H13BrN4O2. The number of hydrogen-bond acceptors (Lipinski definition) is 5. The molecule has 1 aliphatic rings. The summed E-state index contributed by atoms with van der Waals surface area (Å²) in [6.45, 7) is 0.458. The highest BCUT2D eigenvalue weighted by Gasteiger charge is 2.31. The first kappa shape index (κ1) is 12.3. The average molecular weight is 301 g/mol. The van der Waals surface area contributed by atoms with Crippen LogP contribution in [0.3, 0.4) is 0 Å². The summed E-state index contributed by atoms with van der Waals surface area (Å²) in [6, 6.07) is 1.51. The second-order valence-corrected chi connectivity index (χ2v) is 5.02. The van der Waals surface area contributed by atoms with Crippen molar-refractivity contribution in [3.8, 4) is 0 Å². The molecule has 1 aliphatic carbocycles. The van der Waals surface area contributed by atoms with E-state index in [4.69, 9.17) is 5.73 Å². The zero-order valence-corrected chi connectivity index (χ0v) is 10.7. The van der Waals surface area contributed by atoms with Crippen LogP contribution in [0.2, 0.25) is 0 Å². The Morgan fingerprint density at radius 1 is 1.71 bits per heavy atom. The Bertz CT molecular complexity index is 436. The van der Waals surface area contributed by atoms with E-state index in [1.165, 1.54) is 12.3 Å². The molecule has 92 valence electrons. The lowest BCUT2D eigenvalue weighted by atomic mass is 10.2. The third-order valence-corrected chi connectivity index (χ3v) is 3.23. The normalized spacial score (nSPS) is 16.6. The monoisotopic (exact) mass is 300 g/mol. The Labute approximate surface area is 107 Å². The third kappa shape index (κ3) is 2.92. The molecule has 1 aromatic rings. The fourth-order valence-corrected chi connectivity index (χ4v) is 2.04. The van der Waals surface area contributed by atoms with Gasteiger partial charge in [0.25, 0.3) is 0 Å². The highest BCUT2D eigenvalue weighted by Crippen LogP contribution is 2.35. The molecule has 0 aliphatic heterocycles. The molecule has 1 aromatic heterocycles. The van der Waals surface area contributed by atoms with Crippen LogP contribution in [-0.4, -0.2) is 22.5 Å². The molecule has 0 spiro atoms. The van der Waals surface area contributed by atoms with Crippen LogP contribution in [0.5, 0.6) is 0 Å². The van der Waals surface area contributed by atoms with Crippen molar-refractivity contribution in [2.75, 3.05) is 11.9 Å². The van der Waals surface area contributed by atoms with Crippen LogP contribution >= 0.6 is 15.9 Å². The molecule has 1 heterocycles. The highest BCUT2D eigenvalue weighted by atomic mass is 79.9. The van der Waals surface area contributed by atoms with E-state index in [0.29, 0.717) is 22.8 Å². The first-order chi connectivity index (χ1) is 8.11. The van der Waals surface area contributed by atoms with Crippen LogP contribution in [0.1, 0.15) is 12.8 Å². The Morgan fingerprint density at radius 2 is 2.41 bits per heavy atom. The predicted molar refractivity (Wildman–Crippen MR) is 67.8 cm³/mol. The number of pyridine rings is 1. The van der Waals surface area contributed by atoms with Gasteiger partial charge in [0.2, 0.25) is 5.82 Å². The lowest BCUT2D eigenvalue weighted by Gasteiger charge is -2.16. The van der Waals surface area contributed by atoms with Gasteiger partial charge in [-0.2, -0.15) is 0 Å². The van der Waals surface area contributed by atoms with E-state index >= 15 is 0 Å². The standard InChI is InChI=1S/C10H13BrN4O2/c11-7-3-9(15(16)17)10(13-5-7)14-8(4-12)6-1-2-6/h3,5-6,8H,1-2,4,12H2,(H,13,14). The molecule has 3 N–H and O–H groups in total. The van der Waals surface area contributed by atoms with Gasteiger partial charge in [0.1, 0.15) is 0 Å². The lowest BCUT2D eigenvalue weighted by Crippen LogP contribution is -2.31. The van der Waals surface area contributed by atoms with Gasteiger partial charge in [0.15, 0.2) is 0 Å². The second-order valence-electron chi connectivity index (χ2n) is 4.10. The van der Waals surface area contributed by atoms with Crippen LogP contribution in [0.15, 0.2) is 16.7 Å². The molecule has 0 amide bonds. The van der Waals surface area contributed by atoms with Gasteiger partial charge in [-0.15, -0.1) is 0 Å². The van der Waals surface area contributed by atoms with Crippen LogP contribution in [-0.2, 0) is 0 Å². The molecule has 6 nitrogen and oxygen atoms in total. The average Bonchev–Trinajstić information content (AvgIpc) is 3.11. The fourth-order valence-electron chi connectivity index (χ4n) is 1.72. The summed E-state index contributed by atoms with van der Waals surface area (Å²) in [5.41, 5.74) is 5.62. The highest BCUT2D eigenvalue weighted by molar-refractivity contribution is 9.10. The van der Waals surface area contributed by atoms with Crippen LogP contribution < -0.4 is 11.1 Å². The van der Waals surface area contributed by atoms with Gasteiger partial charge in [-0.05, 0) is 34.7 Å². The van der Waals surface area contributed by atoms with E-state index in [9.17, 15) is 10.1 Å². The van der Waals surface area contributed by atoms with Crippen molar-refractivity contribution in [3.05, 3.63) is 26.9 Å². The molecule has 2 rings (SSSR count). The van der Waals surface area contributed by atoms with E-state index in [0.717, 1.165) is 12.8 Å². The Kier molecular flexibility index (Phi) is 3.58. The largest absolute Gasteiger partial charge is 0.360 e. The van der Waals surface area contributed by atoms with E-state index in [1.54, 1.807) is 0 Å². The molecule has 1 atom stereocenters. The number of aromatic nitrogens is 1. The minimum Gasteiger partial charge on any atom is -0.360 e. The van der Waals surface area contributed by atoms with Gasteiger partial charge in [-0.1, -0.05) is 0 Å². The van der Waals surface area contributed by atoms with Crippen molar-refractivity contribution in [1.82, 2.24) is 4.98 Å². The van der Waals surface area contributed by atoms with Crippen LogP contribution in [0, 0.1) is 16.0 Å². The summed E-state index contributed by atoms with van der Waals surface area (Å²) < 4.78 is 0.588. The first-order valence-electron chi connectivity index (χ1n) is 5.38. The molecule has 0 bridgehead atoms. The number of nitro groups is 1. The number of nitrogens with zero attached hydrogens (tertiary/aromatic N) is 2. The van der Waals surface area contributed by atoms with Gasteiger partial charge in [-0.3, -0.25) is 10.1 Å². The third-order valence-electron chi connectivity index (χ3n) is 2.80. The van der Waals surface area contributed by atoms with E-state index in [-0.39, 0.29) is 11.7 Å². The zero-order chi connectivity index (χ0) is 12.4. The second kappa shape index (κ2) is 4.97. The minimum atomic E-state index is -0.444. The van der Waals surface area contributed by atoms with Crippen molar-refractivity contribution in [2.24, 2.45) is 11.7 Å². The van der Waals surface area contributed by atoms with Gasteiger partial charge in [0.05, 0.1) is 4.92 Å². The van der Waals surface area contributed by atoms with Crippen molar-refractivity contribution in [3.63, 3.8) is 0 Å². The van der Waals surface area contributed by atoms with Crippen molar-refractivity contribution < 1.29 is 4.92 Å². The van der Waals surface area contributed by atoms with E-state index in [1.807, 2.05) is 0 Å². The summed E-state index contributed by atoms with van der Waals surface area (Å²) in [7, 11) is 0. The molecule has 7 heteroatoms. The Hall–Kier alpha value is -1.21. The predicted octanol–water partition coefficient (Wildman–Crippen LogP) is 1.90. The molecule has 0 radical (unpaired) electrons. The number of hydrogen-bond donors (Lipinski definition) is 2. The van der Waals surface area contributed by atoms with Crippen LogP contribution in [0.25, 0.3) is 0 Å². The molecule has 17 heavy (non-hydrogen) atoms. The summed E-state index contributed by atoms with van der Waals surface area (Å²) in [4.78, 5) is 14.5. The van der Waals surface area contributed by atoms with Crippen molar-refractivity contribution >= 4 is 27.4 Å². The number of nitrogens with two attached hydrogens (primary N) is 1. The molecule has 1 unspecified atom stereocenters. The molecule has 1 saturated carbocycles. The quantitative estimate of drug-likeness (QED) is 0.640. The Morgan fingerprint density at radius 3 is 2.94 bits per heavy atom. The van der Waals surface area contributed by atoms with Gasteiger partial charge in [0, 0.05) is 29.3 Å². The Balaban J connectivity index is 2.21. The van der Waals surface area contributed by atoms with Crippen molar-refractivity contribution in [2.45, 2.75) is 18.9 Å². The minimum absolute atomic E-state index is 0.0292. The molecular weight excluding hydrogens is 288 g/mol. The first-order valence-corrected chi connectivity index (χ1v) is 6.17. The molecule has 0 saturated heterocycles. The van der Waals surface area contributed by atoms with Gasteiger partial charge < -0.3 is 11.1 Å². The maximum atomic E-state index is 10.9. The number of halogens is 1. The molecule has 1 fully saturated rings. The fraction of sp³-hybridized carbons (Fsp3) is 0.500. The summed E-state index contributed by atoms with van der Waals surface area (Å²) in [5, 5.41) is 14.0. The summed E-state index contributed by atoms with van der Waals surface area (Å²) in [5.74, 6) is 0.811. The lowest BCUT2D eigenvalue weighted by molar-refractivity contribution is -0.384. The number of rotatable bonds is 5. The number of anilines is 1.